The number of carbonyl (C=O) groups excluding carboxylic acids is 2. The minimum atomic E-state index is -4.26. The molecular formula is C30H36FN3O5S. The molecule has 0 aliphatic carbocycles. The molecule has 0 aliphatic heterocycles. The van der Waals surface area contributed by atoms with Crippen LogP contribution in [0.25, 0.3) is 0 Å². The number of rotatable bonds is 12. The second-order valence-corrected chi connectivity index (χ2v) is 11.6. The van der Waals surface area contributed by atoms with Gasteiger partial charge < -0.3 is 15.0 Å². The Hall–Kier alpha value is -3.92. The molecule has 0 fully saturated rings. The largest absolute Gasteiger partial charge is 0.494 e. The number of hydrogen-bond acceptors (Lipinski definition) is 5. The number of hydrogen-bond donors (Lipinski definition) is 1. The topological polar surface area (TPSA) is 96.0 Å². The lowest BCUT2D eigenvalue weighted by atomic mass is 10.1. The minimum Gasteiger partial charge on any atom is -0.494 e. The standard InChI is InChI=1S/C30H36FN3O5S/c1-6-39-27-14-16-28(17-15-27)40(37,38)34(26-12-10-25(31)11-13-26)20-29(35)33(23(5)30(36)32-21(2)3)19-24-9-7-8-22(4)18-24/h7-18,21,23H,6,19-20H2,1-5H3,(H,32,36)/t23-/m0/s1. The molecule has 8 nitrogen and oxygen atoms in total. The molecule has 3 rings (SSSR count). The summed E-state index contributed by atoms with van der Waals surface area (Å²) in [7, 11) is -4.26. The number of sulfonamides is 1. The lowest BCUT2D eigenvalue weighted by Crippen LogP contribution is -2.52. The summed E-state index contributed by atoms with van der Waals surface area (Å²) in [6, 6.07) is 17.2. The monoisotopic (exact) mass is 569 g/mol. The van der Waals surface area contributed by atoms with Gasteiger partial charge in [-0.05, 0) is 88.7 Å². The molecule has 0 saturated carbocycles. The molecule has 0 aromatic heterocycles. The molecule has 0 aliphatic rings. The van der Waals surface area contributed by atoms with Gasteiger partial charge in [0.15, 0.2) is 0 Å². The maximum atomic E-state index is 13.9. The van der Waals surface area contributed by atoms with E-state index in [1.807, 2.05) is 52.0 Å². The van der Waals surface area contributed by atoms with Crippen molar-refractivity contribution in [2.45, 2.75) is 58.1 Å². The molecule has 10 heteroatoms. The van der Waals surface area contributed by atoms with E-state index in [0.717, 1.165) is 27.6 Å². The third kappa shape index (κ3) is 7.81. The summed E-state index contributed by atoms with van der Waals surface area (Å²) < 4.78 is 47.8. The first-order valence-electron chi connectivity index (χ1n) is 13.1. The minimum absolute atomic E-state index is 0.0658. The lowest BCUT2D eigenvalue weighted by molar-refractivity contribution is -0.139. The lowest BCUT2D eigenvalue weighted by Gasteiger charge is -2.32. The zero-order chi connectivity index (χ0) is 29.4. The van der Waals surface area contributed by atoms with Gasteiger partial charge in [-0.25, -0.2) is 12.8 Å². The van der Waals surface area contributed by atoms with Crippen LogP contribution in [-0.4, -0.2) is 50.4 Å². The van der Waals surface area contributed by atoms with Crippen LogP contribution in [0.15, 0.2) is 77.7 Å². The van der Waals surface area contributed by atoms with Crippen molar-refractivity contribution in [3.8, 4) is 5.75 Å². The SMILES string of the molecule is CCOc1ccc(S(=O)(=O)N(CC(=O)N(Cc2cccc(C)c2)[C@@H](C)C(=O)NC(C)C)c2ccc(F)cc2)cc1. The van der Waals surface area contributed by atoms with Gasteiger partial charge >= 0.3 is 0 Å². The quantitative estimate of drug-likeness (QED) is 0.342. The third-order valence-electron chi connectivity index (χ3n) is 6.15. The van der Waals surface area contributed by atoms with Gasteiger partial charge in [0.25, 0.3) is 10.0 Å². The number of nitrogens with one attached hydrogen (secondary N) is 1. The molecule has 40 heavy (non-hydrogen) atoms. The van der Waals surface area contributed by atoms with E-state index in [9.17, 15) is 22.4 Å². The molecule has 214 valence electrons. The second kappa shape index (κ2) is 13.4. The van der Waals surface area contributed by atoms with Crippen molar-refractivity contribution in [1.82, 2.24) is 10.2 Å². The van der Waals surface area contributed by atoms with Crippen LogP contribution in [0, 0.1) is 12.7 Å². The molecule has 1 atom stereocenters. The van der Waals surface area contributed by atoms with Gasteiger partial charge in [-0.15, -0.1) is 0 Å². The molecule has 0 heterocycles. The zero-order valence-electron chi connectivity index (χ0n) is 23.4. The number of ether oxygens (including phenoxy) is 1. The second-order valence-electron chi connectivity index (χ2n) is 9.74. The van der Waals surface area contributed by atoms with E-state index in [1.165, 1.54) is 41.3 Å². The molecular weight excluding hydrogens is 533 g/mol. The fourth-order valence-electron chi connectivity index (χ4n) is 4.13. The van der Waals surface area contributed by atoms with E-state index >= 15 is 0 Å². The van der Waals surface area contributed by atoms with Gasteiger partial charge in [0.2, 0.25) is 11.8 Å². The molecule has 3 aromatic carbocycles. The predicted octanol–water partition coefficient (Wildman–Crippen LogP) is 4.67. The number of benzene rings is 3. The molecule has 0 radical (unpaired) electrons. The van der Waals surface area contributed by atoms with Crippen molar-refractivity contribution in [2.75, 3.05) is 17.5 Å². The Labute approximate surface area is 235 Å². The normalized spacial score (nSPS) is 12.1. The van der Waals surface area contributed by atoms with Gasteiger partial charge in [0.05, 0.1) is 17.2 Å². The summed E-state index contributed by atoms with van der Waals surface area (Å²) in [4.78, 5) is 28.1. The van der Waals surface area contributed by atoms with E-state index in [4.69, 9.17) is 4.74 Å². The number of carbonyl (C=O) groups is 2. The van der Waals surface area contributed by atoms with Gasteiger partial charge in [-0.2, -0.15) is 0 Å². The summed E-state index contributed by atoms with van der Waals surface area (Å²) in [5.41, 5.74) is 1.88. The smallest absolute Gasteiger partial charge is 0.264 e. The predicted molar refractivity (Wildman–Crippen MR) is 153 cm³/mol. The summed E-state index contributed by atoms with van der Waals surface area (Å²) in [6.45, 7) is 8.88. The van der Waals surface area contributed by atoms with E-state index in [-0.39, 0.29) is 29.1 Å². The van der Waals surface area contributed by atoms with E-state index in [1.54, 1.807) is 6.92 Å². The Morgan fingerprint density at radius 3 is 2.20 bits per heavy atom. The Morgan fingerprint density at radius 2 is 1.62 bits per heavy atom. The molecule has 1 N–H and O–H groups in total. The highest BCUT2D eigenvalue weighted by Crippen LogP contribution is 2.26. The first kappa shape index (κ1) is 30.6. The zero-order valence-corrected chi connectivity index (χ0v) is 24.2. The molecule has 0 spiro atoms. The number of anilines is 1. The number of nitrogens with zero attached hydrogens (tertiary/aromatic N) is 2. The van der Waals surface area contributed by atoms with Crippen LogP contribution in [0.5, 0.6) is 5.75 Å². The van der Waals surface area contributed by atoms with Crippen LogP contribution in [0.4, 0.5) is 10.1 Å². The maximum Gasteiger partial charge on any atom is 0.264 e. The van der Waals surface area contributed by atoms with E-state index in [2.05, 4.69) is 5.32 Å². The Morgan fingerprint density at radius 1 is 0.975 bits per heavy atom. The van der Waals surface area contributed by atoms with Crippen LogP contribution in [-0.2, 0) is 26.2 Å². The number of halogens is 1. The average Bonchev–Trinajstić information content (AvgIpc) is 2.90. The highest BCUT2D eigenvalue weighted by atomic mass is 32.2. The fraction of sp³-hybridized carbons (Fsp3) is 0.333. The Bertz CT molecular complexity index is 1410. The van der Waals surface area contributed by atoms with Crippen LogP contribution in [0.2, 0.25) is 0 Å². The van der Waals surface area contributed by atoms with E-state index in [0.29, 0.717) is 12.4 Å². The summed E-state index contributed by atoms with van der Waals surface area (Å²) in [5.74, 6) is -1.00. The van der Waals surface area contributed by atoms with Gasteiger partial charge in [0.1, 0.15) is 24.2 Å². The third-order valence-corrected chi connectivity index (χ3v) is 7.94. The van der Waals surface area contributed by atoms with Crippen LogP contribution >= 0.6 is 0 Å². The molecule has 3 aromatic rings. The van der Waals surface area contributed by atoms with Crippen LogP contribution in [0.3, 0.4) is 0 Å². The van der Waals surface area contributed by atoms with Crippen molar-refractivity contribution >= 4 is 27.5 Å². The van der Waals surface area contributed by atoms with Gasteiger partial charge in [-0.3, -0.25) is 13.9 Å². The highest BCUT2D eigenvalue weighted by Gasteiger charge is 2.32. The van der Waals surface area contributed by atoms with Crippen molar-refractivity contribution < 1.29 is 27.1 Å². The van der Waals surface area contributed by atoms with Crippen molar-refractivity contribution in [1.29, 1.82) is 0 Å². The van der Waals surface area contributed by atoms with Gasteiger partial charge in [0, 0.05) is 12.6 Å². The van der Waals surface area contributed by atoms with Crippen molar-refractivity contribution in [3.05, 3.63) is 89.7 Å². The fourth-order valence-corrected chi connectivity index (χ4v) is 5.55. The summed E-state index contributed by atoms with van der Waals surface area (Å²) in [6.07, 6.45) is 0. The van der Waals surface area contributed by atoms with Crippen LogP contribution < -0.4 is 14.4 Å². The number of amides is 2. The van der Waals surface area contributed by atoms with Gasteiger partial charge in [-0.1, -0.05) is 29.8 Å². The number of aryl methyl sites for hydroxylation is 1. The average molecular weight is 570 g/mol. The molecule has 0 bridgehead atoms. The Balaban J connectivity index is 2.02. The summed E-state index contributed by atoms with van der Waals surface area (Å²) in [5, 5.41) is 2.82. The molecule has 2 amide bonds. The highest BCUT2D eigenvalue weighted by molar-refractivity contribution is 7.92. The van der Waals surface area contributed by atoms with Crippen molar-refractivity contribution in [2.24, 2.45) is 0 Å². The Kier molecular flexibility index (Phi) is 10.3. The maximum absolute atomic E-state index is 13.9. The van der Waals surface area contributed by atoms with Crippen molar-refractivity contribution in [3.63, 3.8) is 0 Å². The van der Waals surface area contributed by atoms with E-state index < -0.39 is 34.3 Å². The molecule has 0 saturated heterocycles. The molecule has 0 unspecified atom stereocenters. The van der Waals surface area contributed by atoms with Crippen LogP contribution in [0.1, 0.15) is 38.8 Å². The first-order chi connectivity index (χ1) is 18.9. The first-order valence-corrected chi connectivity index (χ1v) is 14.5. The summed E-state index contributed by atoms with van der Waals surface area (Å²) >= 11 is 0.